The normalized spacial score (nSPS) is 11.1. The summed E-state index contributed by atoms with van der Waals surface area (Å²) >= 11 is 0. The fourth-order valence-electron chi connectivity index (χ4n) is 0.951. The van der Waals surface area contributed by atoms with Crippen LogP contribution in [-0.2, 0) is 14.2 Å². The summed E-state index contributed by atoms with van der Waals surface area (Å²) in [7, 11) is 0.741. The van der Waals surface area contributed by atoms with Crippen LogP contribution in [0.2, 0.25) is 0 Å². The van der Waals surface area contributed by atoms with Crippen molar-refractivity contribution >= 4 is 15.6 Å². The molecule has 0 aliphatic rings. The van der Waals surface area contributed by atoms with Crippen molar-refractivity contribution in [3.63, 3.8) is 0 Å². The summed E-state index contributed by atoms with van der Waals surface area (Å²) in [6.45, 7) is 5.12. The molecule has 1 amide bonds. The fourth-order valence-corrected chi connectivity index (χ4v) is 2.34. The Labute approximate surface area is 86.9 Å². The zero-order valence-electron chi connectivity index (χ0n) is 9.04. The van der Waals surface area contributed by atoms with Gasteiger partial charge >= 0.3 is 6.09 Å². The van der Waals surface area contributed by atoms with Crippen LogP contribution in [-0.4, -0.2) is 48.0 Å². The number of carbonyl (C=O) groups is 1. The van der Waals surface area contributed by atoms with Gasteiger partial charge in [-0.1, -0.05) is 0 Å². The van der Waals surface area contributed by atoms with Crippen molar-refractivity contribution in [3.05, 3.63) is 0 Å². The number of amides is 1. The van der Waals surface area contributed by atoms with Gasteiger partial charge in [0.2, 0.25) is 0 Å². The van der Waals surface area contributed by atoms with Crippen molar-refractivity contribution in [1.29, 1.82) is 0 Å². The van der Waals surface area contributed by atoms with E-state index in [0.29, 0.717) is 19.4 Å². The van der Waals surface area contributed by atoms with Crippen LogP contribution in [0.1, 0.15) is 13.8 Å². The van der Waals surface area contributed by atoms with Crippen molar-refractivity contribution in [3.8, 4) is 0 Å². The molecule has 0 aromatic heterocycles. The predicted molar refractivity (Wildman–Crippen MR) is 56.0 cm³/mol. The zero-order chi connectivity index (χ0) is 10.8. The highest BCUT2D eigenvalue weighted by atomic mass is 28.2. The number of rotatable bonds is 7. The number of methoxy groups -OCH3 is 1. The third-order valence-corrected chi connectivity index (χ3v) is 3.02. The molecule has 0 saturated heterocycles. The molecule has 1 N–H and O–H groups in total. The molecule has 0 heterocycles. The van der Waals surface area contributed by atoms with E-state index in [-0.39, 0.29) is 5.91 Å². The molecular weight excluding hydrogens is 202 g/mol. The number of alkyl carbamates (subject to hydrolysis) is 1. The van der Waals surface area contributed by atoms with Gasteiger partial charge in [0.25, 0.3) is 0 Å². The average molecular weight is 221 g/mol. The van der Waals surface area contributed by atoms with Gasteiger partial charge in [0.15, 0.2) is 0 Å². The van der Waals surface area contributed by atoms with E-state index in [0.717, 1.165) is 0 Å². The fraction of sp³-hybridized carbons (Fsp3) is 0.875. The van der Waals surface area contributed by atoms with Crippen LogP contribution in [0, 0.1) is 0 Å². The van der Waals surface area contributed by atoms with Crippen LogP contribution in [0.15, 0.2) is 0 Å². The lowest BCUT2D eigenvalue weighted by Gasteiger charge is -2.16. The van der Waals surface area contributed by atoms with Crippen LogP contribution >= 0.6 is 0 Å². The monoisotopic (exact) mass is 221 g/mol. The molecule has 0 aromatic rings. The second kappa shape index (κ2) is 8.98. The van der Waals surface area contributed by atoms with E-state index in [1.54, 1.807) is 0 Å². The summed E-state index contributed by atoms with van der Waals surface area (Å²) in [4.78, 5) is 10.7. The Hall–Kier alpha value is -0.593. The molecule has 0 radical (unpaired) electrons. The molecule has 0 aliphatic heterocycles. The van der Waals surface area contributed by atoms with E-state index in [2.05, 4.69) is 10.1 Å². The van der Waals surface area contributed by atoms with Gasteiger partial charge in [0.1, 0.15) is 15.4 Å². The van der Waals surface area contributed by atoms with Crippen molar-refractivity contribution in [2.24, 2.45) is 0 Å². The third-order valence-electron chi connectivity index (χ3n) is 1.54. The summed E-state index contributed by atoms with van der Waals surface area (Å²) in [5.74, 6) is -0.109. The zero-order valence-corrected chi connectivity index (χ0v) is 10.5. The Bertz CT molecular complexity index is 150. The minimum atomic E-state index is -0.605. The van der Waals surface area contributed by atoms with Crippen LogP contribution in [0.25, 0.3) is 0 Å². The molecule has 0 fully saturated rings. The van der Waals surface area contributed by atoms with Gasteiger partial charge in [0.05, 0.1) is 7.11 Å². The highest BCUT2D eigenvalue weighted by molar-refractivity contribution is 6.37. The molecule has 0 saturated carbocycles. The summed E-state index contributed by atoms with van der Waals surface area (Å²) < 4.78 is 15.1. The molecule has 6 heteroatoms. The largest absolute Gasteiger partial charge is 0.453 e. The molecule has 0 unspecified atom stereocenters. The van der Waals surface area contributed by atoms with Gasteiger partial charge in [-0.2, -0.15) is 0 Å². The molecule has 14 heavy (non-hydrogen) atoms. The quantitative estimate of drug-likeness (QED) is 0.479. The molecule has 5 nitrogen and oxygen atoms in total. The molecule has 0 bridgehead atoms. The Morgan fingerprint density at radius 3 is 2.36 bits per heavy atom. The molecule has 0 atom stereocenters. The lowest BCUT2D eigenvalue weighted by Crippen LogP contribution is -2.35. The van der Waals surface area contributed by atoms with Gasteiger partial charge in [-0.3, -0.25) is 0 Å². The lowest BCUT2D eigenvalue weighted by molar-refractivity contribution is -0.0827. The molecule has 0 rings (SSSR count). The van der Waals surface area contributed by atoms with Crippen LogP contribution in [0.3, 0.4) is 0 Å². The summed E-state index contributed by atoms with van der Waals surface area (Å²) in [6, 6.07) is 0. The van der Waals surface area contributed by atoms with Gasteiger partial charge in [-0.15, -0.1) is 0 Å². The molecular formula is C8H19NO4Si. The number of carbonyl (C=O) groups excluding carboxylic acids is 1. The maximum Gasteiger partial charge on any atom is 0.406 e. The Morgan fingerprint density at radius 2 is 1.93 bits per heavy atom. The summed E-state index contributed by atoms with van der Waals surface area (Å²) in [5.41, 5.74) is 0. The minimum Gasteiger partial charge on any atom is -0.453 e. The predicted octanol–water partition coefficient (Wildman–Crippen LogP) is -0.175. The third kappa shape index (κ3) is 6.87. The highest BCUT2D eigenvalue weighted by Crippen LogP contribution is 1.92. The van der Waals surface area contributed by atoms with Crippen molar-refractivity contribution < 1.29 is 19.0 Å². The summed E-state index contributed by atoms with van der Waals surface area (Å²) in [6.07, 6.45) is 0.224. The highest BCUT2D eigenvalue weighted by Gasteiger charge is 2.08. The first-order valence-electron chi connectivity index (χ1n) is 4.79. The average Bonchev–Trinajstić information content (AvgIpc) is 2.18. The molecule has 84 valence electrons. The second-order valence-corrected chi connectivity index (χ2v) is 4.29. The van der Waals surface area contributed by atoms with Gasteiger partial charge in [-0.25, -0.2) is 4.79 Å². The topological polar surface area (TPSA) is 56.8 Å². The SMILES string of the molecule is CCOC(OCC)[SiH2]CNC(=O)OC. The van der Waals surface area contributed by atoms with Crippen molar-refractivity contribution in [2.45, 2.75) is 19.8 Å². The molecule has 0 aliphatic carbocycles. The standard InChI is InChI=1S/C8H19NO4Si/c1-4-12-8(13-5-2)14-6-9-7(10)11-3/h8H,4-6,14H2,1-3H3,(H,9,10). The Balaban J connectivity index is 3.54. The van der Waals surface area contributed by atoms with E-state index < -0.39 is 15.6 Å². The summed E-state index contributed by atoms with van der Waals surface area (Å²) in [5, 5.41) is 2.62. The number of hydrogen-bond donors (Lipinski definition) is 1. The van der Waals surface area contributed by atoms with E-state index in [4.69, 9.17) is 9.47 Å². The van der Waals surface area contributed by atoms with E-state index in [1.165, 1.54) is 7.11 Å². The molecule has 0 aromatic carbocycles. The van der Waals surface area contributed by atoms with Crippen molar-refractivity contribution in [1.82, 2.24) is 5.32 Å². The van der Waals surface area contributed by atoms with Gasteiger partial charge < -0.3 is 19.5 Å². The van der Waals surface area contributed by atoms with Gasteiger partial charge in [-0.05, 0) is 13.8 Å². The lowest BCUT2D eigenvalue weighted by atomic mass is 10.8. The Kier molecular flexibility index (Phi) is 8.60. The Morgan fingerprint density at radius 1 is 1.36 bits per heavy atom. The first kappa shape index (κ1) is 13.4. The molecule has 0 spiro atoms. The minimum absolute atomic E-state index is 0.109. The van der Waals surface area contributed by atoms with Crippen LogP contribution < -0.4 is 5.32 Å². The number of hydrogen-bond acceptors (Lipinski definition) is 4. The van der Waals surface area contributed by atoms with E-state index >= 15 is 0 Å². The smallest absolute Gasteiger partial charge is 0.406 e. The van der Waals surface area contributed by atoms with Crippen LogP contribution in [0.4, 0.5) is 4.79 Å². The number of nitrogens with one attached hydrogen (secondary N) is 1. The van der Waals surface area contributed by atoms with Crippen molar-refractivity contribution in [2.75, 3.05) is 26.5 Å². The second-order valence-electron chi connectivity index (χ2n) is 2.55. The first-order valence-corrected chi connectivity index (χ1v) is 6.61. The maximum absolute atomic E-state index is 10.7. The van der Waals surface area contributed by atoms with E-state index in [9.17, 15) is 4.79 Å². The van der Waals surface area contributed by atoms with E-state index in [1.807, 2.05) is 13.8 Å². The van der Waals surface area contributed by atoms with Crippen LogP contribution in [0.5, 0.6) is 0 Å². The maximum atomic E-state index is 10.7. The number of ether oxygens (including phenoxy) is 3. The van der Waals surface area contributed by atoms with Gasteiger partial charge in [0, 0.05) is 19.4 Å². The first-order chi connectivity index (χ1) is 6.74.